The van der Waals surface area contributed by atoms with Crippen molar-refractivity contribution in [2.45, 2.75) is 19.9 Å². The maximum Gasteiger partial charge on any atom is 0.274 e. The van der Waals surface area contributed by atoms with Crippen molar-refractivity contribution in [3.63, 3.8) is 0 Å². The molecule has 1 aliphatic rings. The Morgan fingerprint density at radius 2 is 2.38 bits per heavy atom. The molecule has 0 aromatic carbocycles. The van der Waals surface area contributed by atoms with E-state index in [1.54, 1.807) is 15.9 Å². The van der Waals surface area contributed by atoms with E-state index in [9.17, 15) is 4.79 Å². The van der Waals surface area contributed by atoms with Crippen molar-refractivity contribution in [3.8, 4) is 0 Å². The smallest absolute Gasteiger partial charge is 0.274 e. The first kappa shape index (κ1) is 14.7. The number of anilines is 1. The lowest BCUT2D eigenvalue weighted by atomic mass is 10.2. The summed E-state index contributed by atoms with van der Waals surface area (Å²) in [5, 5.41) is 3.61. The molecule has 0 aliphatic carbocycles. The summed E-state index contributed by atoms with van der Waals surface area (Å²) in [4.78, 5) is 20.5. The van der Waals surface area contributed by atoms with Gasteiger partial charge in [0.25, 0.3) is 5.91 Å². The third kappa shape index (κ3) is 3.04. The molecule has 21 heavy (non-hydrogen) atoms. The standard InChI is InChI=1S/C14H17BrN4OS/c1-3-19-5-4-10-12(8-19)21-14(16-10)17-13(20)11-6-9(15)7-18(11)2/h6-7H,3-5,8H2,1-2H3,(H,16,17,20). The average Bonchev–Trinajstić information content (AvgIpc) is 2.99. The van der Waals surface area contributed by atoms with Crippen LogP contribution in [0.3, 0.4) is 0 Å². The van der Waals surface area contributed by atoms with Crippen molar-refractivity contribution >= 4 is 38.3 Å². The number of aryl methyl sites for hydroxylation is 1. The van der Waals surface area contributed by atoms with Crippen LogP contribution >= 0.6 is 27.3 Å². The molecule has 3 rings (SSSR count). The van der Waals surface area contributed by atoms with Gasteiger partial charge < -0.3 is 4.57 Å². The number of likely N-dealkylation sites (N-methyl/N-ethyl adjacent to an activating group) is 1. The molecule has 5 nitrogen and oxygen atoms in total. The summed E-state index contributed by atoms with van der Waals surface area (Å²) in [5.41, 5.74) is 1.75. The Bertz CT molecular complexity index is 679. The van der Waals surface area contributed by atoms with Crippen LogP contribution in [0.25, 0.3) is 0 Å². The van der Waals surface area contributed by atoms with Crippen molar-refractivity contribution in [1.82, 2.24) is 14.5 Å². The number of rotatable bonds is 3. The van der Waals surface area contributed by atoms with Crippen LogP contribution < -0.4 is 5.32 Å². The number of fused-ring (bicyclic) bond motifs is 1. The number of carbonyl (C=O) groups excluding carboxylic acids is 1. The topological polar surface area (TPSA) is 50.2 Å². The van der Waals surface area contributed by atoms with Crippen LogP contribution in [0.1, 0.15) is 28.0 Å². The van der Waals surface area contributed by atoms with Gasteiger partial charge in [0.2, 0.25) is 0 Å². The van der Waals surface area contributed by atoms with Gasteiger partial charge in [0, 0.05) is 42.1 Å². The lowest BCUT2D eigenvalue weighted by molar-refractivity contribution is 0.101. The molecule has 7 heteroatoms. The van der Waals surface area contributed by atoms with Gasteiger partial charge in [-0.3, -0.25) is 15.0 Å². The number of halogens is 1. The van der Waals surface area contributed by atoms with E-state index in [0.717, 1.165) is 36.2 Å². The maximum atomic E-state index is 12.3. The number of nitrogens with zero attached hydrogens (tertiary/aromatic N) is 3. The van der Waals surface area contributed by atoms with E-state index in [2.05, 4.69) is 38.1 Å². The van der Waals surface area contributed by atoms with Crippen molar-refractivity contribution in [2.24, 2.45) is 7.05 Å². The van der Waals surface area contributed by atoms with Crippen LogP contribution in [0.4, 0.5) is 5.13 Å². The summed E-state index contributed by atoms with van der Waals surface area (Å²) in [7, 11) is 1.85. The molecule has 2 aromatic rings. The third-order valence-electron chi connectivity index (χ3n) is 3.68. The number of thiazole rings is 1. The van der Waals surface area contributed by atoms with Crippen molar-refractivity contribution in [3.05, 3.63) is 33.0 Å². The number of amides is 1. The van der Waals surface area contributed by atoms with Gasteiger partial charge in [-0.2, -0.15) is 0 Å². The summed E-state index contributed by atoms with van der Waals surface area (Å²) in [6.45, 7) is 5.21. The predicted molar refractivity (Wildman–Crippen MR) is 87.8 cm³/mol. The number of carbonyl (C=O) groups is 1. The predicted octanol–water partition coefficient (Wildman–Crippen LogP) is 2.87. The van der Waals surface area contributed by atoms with Gasteiger partial charge >= 0.3 is 0 Å². The van der Waals surface area contributed by atoms with Crippen LogP contribution in [0.2, 0.25) is 0 Å². The van der Waals surface area contributed by atoms with E-state index in [-0.39, 0.29) is 5.91 Å². The Balaban J connectivity index is 1.76. The van der Waals surface area contributed by atoms with Gasteiger partial charge in [0.05, 0.1) is 5.69 Å². The quantitative estimate of drug-likeness (QED) is 0.905. The first-order chi connectivity index (χ1) is 10.1. The second kappa shape index (κ2) is 5.90. The van der Waals surface area contributed by atoms with Crippen molar-refractivity contribution in [2.75, 3.05) is 18.4 Å². The van der Waals surface area contributed by atoms with E-state index < -0.39 is 0 Å². The molecule has 0 bridgehead atoms. The molecule has 1 N–H and O–H groups in total. The number of hydrogen-bond donors (Lipinski definition) is 1. The molecular weight excluding hydrogens is 352 g/mol. The van der Waals surface area contributed by atoms with Gasteiger partial charge in [0.1, 0.15) is 5.69 Å². The maximum absolute atomic E-state index is 12.3. The first-order valence-corrected chi connectivity index (χ1v) is 8.52. The van der Waals surface area contributed by atoms with Gasteiger partial charge in [-0.15, -0.1) is 11.3 Å². The summed E-state index contributed by atoms with van der Waals surface area (Å²) in [5.74, 6) is -0.123. The molecule has 3 heterocycles. The van der Waals surface area contributed by atoms with Gasteiger partial charge in [-0.25, -0.2) is 4.98 Å². The van der Waals surface area contributed by atoms with E-state index >= 15 is 0 Å². The largest absolute Gasteiger partial charge is 0.345 e. The molecule has 0 saturated carbocycles. The van der Waals surface area contributed by atoms with Crippen LogP contribution in [0, 0.1) is 0 Å². The summed E-state index contributed by atoms with van der Waals surface area (Å²) in [6.07, 6.45) is 2.83. The Kier molecular flexibility index (Phi) is 4.14. The molecule has 0 radical (unpaired) electrons. The molecule has 1 amide bonds. The fourth-order valence-corrected chi connectivity index (χ4v) is 4.05. The van der Waals surface area contributed by atoms with Crippen molar-refractivity contribution in [1.29, 1.82) is 0 Å². The van der Waals surface area contributed by atoms with Crippen LogP contribution in [0.15, 0.2) is 16.7 Å². The molecule has 0 unspecified atom stereocenters. The fraction of sp³-hybridized carbons (Fsp3) is 0.429. The Labute approximate surface area is 136 Å². The minimum atomic E-state index is -0.123. The average molecular weight is 369 g/mol. The van der Waals surface area contributed by atoms with E-state index in [4.69, 9.17) is 0 Å². The summed E-state index contributed by atoms with van der Waals surface area (Å²) in [6, 6.07) is 1.81. The highest BCUT2D eigenvalue weighted by atomic mass is 79.9. The van der Waals surface area contributed by atoms with E-state index in [0.29, 0.717) is 10.8 Å². The highest BCUT2D eigenvalue weighted by Gasteiger charge is 2.21. The van der Waals surface area contributed by atoms with Crippen LogP contribution in [-0.4, -0.2) is 33.4 Å². The number of hydrogen-bond acceptors (Lipinski definition) is 4. The van der Waals surface area contributed by atoms with Gasteiger partial charge in [0.15, 0.2) is 5.13 Å². The van der Waals surface area contributed by atoms with Gasteiger partial charge in [-0.05, 0) is 28.5 Å². The zero-order valence-electron chi connectivity index (χ0n) is 12.0. The van der Waals surface area contributed by atoms with E-state index in [1.807, 2.05) is 19.3 Å². The lowest BCUT2D eigenvalue weighted by Gasteiger charge is -2.23. The summed E-state index contributed by atoms with van der Waals surface area (Å²) < 4.78 is 2.69. The first-order valence-electron chi connectivity index (χ1n) is 6.91. The second-order valence-corrected chi connectivity index (χ2v) is 7.12. The zero-order chi connectivity index (χ0) is 15.0. The van der Waals surface area contributed by atoms with Crippen molar-refractivity contribution < 1.29 is 4.79 Å². The molecular formula is C14H17BrN4OS. The minimum absolute atomic E-state index is 0.123. The summed E-state index contributed by atoms with van der Waals surface area (Å²) >= 11 is 4.96. The van der Waals surface area contributed by atoms with E-state index in [1.165, 1.54) is 4.88 Å². The SMILES string of the molecule is CCN1CCc2nc(NC(=O)c3cc(Br)cn3C)sc2C1. The molecule has 112 valence electrons. The van der Waals surface area contributed by atoms with Crippen LogP contribution in [0.5, 0.6) is 0 Å². The lowest BCUT2D eigenvalue weighted by Crippen LogP contribution is -2.29. The third-order valence-corrected chi connectivity index (χ3v) is 5.11. The molecule has 0 saturated heterocycles. The monoisotopic (exact) mass is 368 g/mol. The Morgan fingerprint density at radius 1 is 1.57 bits per heavy atom. The molecule has 1 aliphatic heterocycles. The fourth-order valence-electron chi connectivity index (χ4n) is 2.48. The molecule has 2 aromatic heterocycles. The molecule has 0 spiro atoms. The van der Waals surface area contributed by atoms with Gasteiger partial charge in [-0.1, -0.05) is 6.92 Å². The molecule has 0 atom stereocenters. The van der Waals surface area contributed by atoms with Crippen LogP contribution in [-0.2, 0) is 20.0 Å². The number of nitrogens with one attached hydrogen (secondary N) is 1. The Hall–Kier alpha value is -1.18. The second-order valence-electron chi connectivity index (χ2n) is 5.12. The normalized spacial score (nSPS) is 15.0. The highest BCUT2D eigenvalue weighted by Crippen LogP contribution is 2.28. The molecule has 0 fully saturated rings. The Morgan fingerprint density at radius 3 is 3.05 bits per heavy atom. The zero-order valence-corrected chi connectivity index (χ0v) is 14.4. The highest BCUT2D eigenvalue weighted by molar-refractivity contribution is 9.10. The number of aromatic nitrogens is 2. The minimum Gasteiger partial charge on any atom is -0.345 e.